The second-order valence-corrected chi connectivity index (χ2v) is 9.79. The molecule has 7 atom stereocenters. The van der Waals surface area contributed by atoms with E-state index in [0.717, 1.165) is 0 Å². The number of nitrogens with two attached hydrogens (primary N) is 2. The number of likely N-dealkylation sites (N-methyl/N-ethyl adjacent to an activating group) is 1. The van der Waals surface area contributed by atoms with Crippen molar-refractivity contribution in [1.29, 1.82) is 0 Å². The maximum atomic E-state index is 14.0. The average Bonchev–Trinajstić information content (AvgIpc) is 2.82. The fourth-order valence-corrected chi connectivity index (χ4v) is 5.97. The van der Waals surface area contributed by atoms with E-state index >= 15 is 0 Å². The molecule has 2 saturated carbocycles. The highest BCUT2D eigenvalue weighted by molar-refractivity contribution is 6.33. The van der Waals surface area contributed by atoms with Gasteiger partial charge >= 0.3 is 5.97 Å². The Kier molecular flexibility index (Phi) is 6.08. The number of nitrogens with zero attached hydrogens (tertiary/aromatic N) is 1. The van der Waals surface area contributed by atoms with Gasteiger partial charge in [-0.05, 0) is 31.3 Å². The predicted octanol–water partition coefficient (Wildman–Crippen LogP) is -1.15. The number of benzene rings is 1. The van der Waals surface area contributed by atoms with Crippen LogP contribution >= 0.6 is 0 Å². The summed E-state index contributed by atoms with van der Waals surface area (Å²) in [5.74, 6) is -14.5. The summed E-state index contributed by atoms with van der Waals surface area (Å²) in [7, 11) is 2.84. The second kappa shape index (κ2) is 8.60. The highest BCUT2D eigenvalue weighted by atomic mass is 16.5. The highest BCUT2D eigenvalue weighted by Gasteiger charge is 2.73. The minimum absolute atomic E-state index is 0.105. The number of amides is 1. The van der Waals surface area contributed by atoms with Gasteiger partial charge < -0.3 is 26.4 Å². The first-order chi connectivity index (χ1) is 17.2. The Morgan fingerprint density at radius 1 is 1.16 bits per heavy atom. The fraction of sp³-hybridized carbons (Fsp3) is 0.440. The van der Waals surface area contributed by atoms with E-state index in [1.165, 1.54) is 38.1 Å². The van der Waals surface area contributed by atoms with Crippen LogP contribution in [-0.2, 0) is 28.7 Å². The van der Waals surface area contributed by atoms with E-state index in [4.69, 9.17) is 16.2 Å². The van der Waals surface area contributed by atoms with Gasteiger partial charge in [-0.3, -0.25) is 33.7 Å². The van der Waals surface area contributed by atoms with Crippen LogP contribution in [0.15, 0.2) is 18.7 Å². The van der Waals surface area contributed by atoms with Crippen LogP contribution in [0.25, 0.3) is 5.57 Å². The zero-order valence-corrected chi connectivity index (χ0v) is 20.4. The number of anilines is 1. The molecule has 0 saturated heterocycles. The Morgan fingerprint density at radius 3 is 2.32 bits per heavy atom. The molecule has 0 heterocycles. The second-order valence-electron chi connectivity index (χ2n) is 9.79. The lowest BCUT2D eigenvalue weighted by atomic mass is 9.50. The number of aromatic hydroxyl groups is 1. The SMILES string of the molecule is C=C1c2ccc(N)c(O)c2C(=O)C2C(=O)[C@@]3(O)C(=O)C(C(N)=O)C(=O)[C@H](N(C)C)[C@H]3[C@H](OC(=O)CC)[C@@H]12. The summed E-state index contributed by atoms with van der Waals surface area (Å²) < 4.78 is 5.65. The van der Waals surface area contributed by atoms with Gasteiger partial charge in [-0.1, -0.05) is 19.6 Å². The number of phenolic OH excluding ortho intramolecular Hbond substituents is 1. The van der Waals surface area contributed by atoms with Crippen LogP contribution in [0.4, 0.5) is 5.69 Å². The van der Waals surface area contributed by atoms with E-state index in [0.29, 0.717) is 0 Å². The number of phenols is 1. The van der Waals surface area contributed by atoms with Crippen LogP contribution in [0, 0.1) is 23.7 Å². The molecule has 12 heteroatoms. The van der Waals surface area contributed by atoms with E-state index in [-0.39, 0.29) is 28.8 Å². The number of Topliss-reactive ketones (excluding diaryl/α,β-unsaturated/α-hetero) is 4. The zero-order chi connectivity index (χ0) is 27.7. The predicted molar refractivity (Wildman–Crippen MR) is 127 cm³/mol. The Bertz CT molecular complexity index is 1300. The molecule has 0 spiro atoms. The van der Waals surface area contributed by atoms with Gasteiger partial charge in [-0.15, -0.1) is 0 Å². The van der Waals surface area contributed by atoms with Crippen LogP contribution < -0.4 is 11.5 Å². The first-order valence-electron chi connectivity index (χ1n) is 11.6. The van der Waals surface area contributed by atoms with Crippen LogP contribution in [-0.4, -0.2) is 82.0 Å². The number of carbonyl (C=O) groups excluding carboxylic acids is 6. The van der Waals surface area contributed by atoms with Gasteiger partial charge in [0, 0.05) is 12.3 Å². The molecule has 0 bridgehead atoms. The van der Waals surface area contributed by atoms with Gasteiger partial charge in [-0.25, -0.2) is 0 Å². The van der Waals surface area contributed by atoms with E-state index in [1.54, 1.807) is 0 Å². The molecule has 196 valence electrons. The summed E-state index contributed by atoms with van der Waals surface area (Å²) in [5.41, 5.74) is 7.73. The number of rotatable bonds is 4. The molecule has 2 fully saturated rings. The number of carbonyl (C=O) groups is 6. The summed E-state index contributed by atoms with van der Waals surface area (Å²) in [5, 5.41) is 22.4. The highest BCUT2D eigenvalue weighted by Crippen LogP contribution is 2.55. The summed E-state index contributed by atoms with van der Waals surface area (Å²) in [6.45, 7) is 5.47. The average molecular weight is 514 g/mol. The van der Waals surface area contributed by atoms with E-state index < -0.39 is 82.2 Å². The molecule has 1 aromatic rings. The minimum atomic E-state index is -3.09. The number of nitrogen functional groups attached to an aromatic ring is 1. The lowest BCUT2D eigenvalue weighted by molar-refractivity contribution is -0.201. The van der Waals surface area contributed by atoms with Gasteiger partial charge in [0.15, 0.2) is 34.7 Å². The quantitative estimate of drug-likeness (QED) is 0.164. The van der Waals surface area contributed by atoms with Gasteiger partial charge in [0.05, 0.1) is 29.1 Å². The maximum Gasteiger partial charge on any atom is 0.305 e. The molecule has 0 radical (unpaired) electrons. The Labute approximate surface area is 211 Å². The summed E-state index contributed by atoms with van der Waals surface area (Å²) in [4.78, 5) is 80.5. The van der Waals surface area contributed by atoms with Gasteiger partial charge in [0.1, 0.15) is 11.9 Å². The van der Waals surface area contributed by atoms with Crippen molar-refractivity contribution >= 4 is 46.3 Å². The van der Waals surface area contributed by atoms with Gasteiger partial charge in [0.2, 0.25) is 5.91 Å². The molecule has 0 aliphatic heterocycles. The number of primary amides is 1. The van der Waals surface area contributed by atoms with Crippen molar-refractivity contribution in [1.82, 2.24) is 4.90 Å². The molecule has 3 aliphatic rings. The normalized spacial score (nSPS) is 33.1. The monoisotopic (exact) mass is 513 g/mol. The van der Waals surface area contributed by atoms with Crippen molar-refractivity contribution in [3.8, 4) is 5.75 Å². The molecule has 1 aromatic carbocycles. The first-order valence-corrected chi connectivity index (χ1v) is 11.6. The number of esters is 1. The molecule has 2 unspecified atom stereocenters. The number of hydrogen-bond acceptors (Lipinski definition) is 11. The van der Waals surface area contributed by atoms with Crippen molar-refractivity contribution < 1.29 is 43.7 Å². The Balaban J connectivity index is 2.04. The van der Waals surface area contributed by atoms with Crippen LogP contribution in [0.2, 0.25) is 0 Å². The van der Waals surface area contributed by atoms with Crippen molar-refractivity contribution in [2.45, 2.75) is 31.1 Å². The van der Waals surface area contributed by atoms with Gasteiger partial charge in [-0.2, -0.15) is 0 Å². The number of ketones is 4. The molecule has 37 heavy (non-hydrogen) atoms. The molecule has 4 rings (SSSR count). The maximum absolute atomic E-state index is 14.0. The van der Waals surface area contributed by atoms with Crippen molar-refractivity contribution in [3.63, 3.8) is 0 Å². The van der Waals surface area contributed by atoms with Gasteiger partial charge in [0.25, 0.3) is 0 Å². The molecule has 6 N–H and O–H groups in total. The van der Waals surface area contributed by atoms with E-state index in [2.05, 4.69) is 6.58 Å². The largest absolute Gasteiger partial charge is 0.505 e. The topological polar surface area (TPSA) is 207 Å². The van der Waals surface area contributed by atoms with E-state index in [9.17, 15) is 39.0 Å². The number of ether oxygens (including phenoxy) is 1. The zero-order valence-electron chi connectivity index (χ0n) is 20.4. The number of hydrogen-bond donors (Lipinski definition) is 4. The molecular formula is C25H27N3O9. The molecule has 0 aromatic heterocycles. The standard InChI is InChI=1S/C25H27N3O9/c1-5-11(29)37-21-12-8(2)9-6-7-10(26)18(30)13(9)19(31)14(12)22(33)25(36)16(21)17(28(3)4)20(32)15(23(25)34)24(27)35/h6-7,12,14-17,21,30,36H,2,5,26H2,1,3-4H3,(H2,27,35)/t12-,14?,15?,16-,17+,21+,25+/m0/s1. The summed E-state index contributed by atoms with van der Waals surface area (Å²) in [6.07, 6.45) is -1.70. The van der Waals surface area contributed by atoms with E-state index in [1.807, 2.05) is 0 Å². The number of aliphatic hydroxyl groups is 1. The van der Waals surface area contributed by atoms with Crippen molar-refractivity contribution in [2.75, 3.05) is 19.8 Å². The summed E-state index contributed by atoms with van der Waals surface area (Å²) in [6, 6.07) is 1.27. The lowest BCUT2D eigenvalue weighted by Crippen LogP contribution is -2.77. The molecule has 1 amide bonds. The van der Waals surface area contributed by atoms with Crippen molar-refractivity contribution in [2.24, 2.45) is 29.4 Å². The smallest absolute Gasteiger partial charge is 0.305 e. The minimum Gasteiger partial charge on any atom is -0.505 e. The van der Waals surface area contributed by atoms with Crippen LogP contribution in [0.3, 0.4) is 0 Å². The lowest BCUT2D eigenvalue weighted by Gasteiger charge is -2.55. The molecule has 12 nitrogen and oxygen atoms in total. The summed E-state index contributed by atoms with van der Waals surface area (Å²) >= 11 is 0. The number of fused-ring (bicyclic) bond motifs is 3. The Morgan fingerprint density at radius 2 is 1.78 bits per heavy atom. The third-order valence-electron chi connectivity index (χ3n) is 7.64. The van der Waals surface area contributed by atoms with Crippen molar-refractivity contribution in [3.05, 3.63) is 29.8 Å². The molecule has 3 aliphatic carbocycles. The molecular weight excluding hydrogens is 486 g/mol. The fourth-order valence-electron chi connectivity index (χ4n) is 5.97. The Hall–Kier alpha value is -3.90. The first kappa shape index (κ1) is 26.2. The third kappa shape index (κ3) is 3.36. The third-order valence-corrected chi connectivity index (χ3v) is 7.64. The van der Waals surface area contributed by atoms with Crippen LogP contribution in [0.1, 0.15) is 29.3 Å². The van der Waals surface area contributed by atoms with Crippen LogP contribution in [0.5, 0.6) is 5.75 Å².